The first-order chi connectivity index (χ1) is 12.5. The van der Waals surface area contributed by atoms with Crippen molar-refractivity contribution in [1.82, 2.24) is 5.06 Å². The molecule has 0 spiro atoms. The van der Waals surface area contributed by atoms with E-state index in [9.17, 15) is 24.0 Å². The number of ether oxygens (including phenoxy) is 2. The van der Waals surface area contributed by atoms with Crippen LogP contribution in [0.5, 0.6) is 0 Å². The Kier molecular flexibility index (Phi) is 5.53. The number of amides is 2. The molecule has 27 heavy (non-hydrogen) atoms. The summed E-state index contributed by atoms with van der Waals surface area (Å²) >= 11 is 0. The number of carbonyl (C=O) groups excluding carboxylic acids is 5. The Morgan fingerprint density at radius 2 is 1.44 bits per heavy atom. The smallest absolute Gasteiger partial charge is 0.334 e. The number of allylic oxidation sites excluding steroid dienone is 2. The quantitative estimate of drug-likeness (QED) is 0.495. The number of carbonyl (C=O) groups is 5. The van der Waals surface area contributed by atoms with Gasteiger partial charge in [-0.25, -0.2) is 4.79 Å². The predicted octanol–water partition coefficient (Wildman–Crippen LogP) is 0.983. The van der Waals surface area contributed by atoms with Gasteiger partial charge in [0.1, 0.15) is 0 Å². The Hall–Kier alpha value is -2.97. The average Bonchev–Trinajstić information content (AvgIpc) is 2.89. The molecule has 0 aromatic heterocycles. The molecule has 1 aliphatic carbocycles. The van der Waals surface area contributed by atoms with E-state index in [1.54, 1.807) is 13.8 Å². The third-order valence-electron chi connectivity index (χ3n) is 4.43. The topological polar surface area (TPSA) is 116 Å². The molecule has 9 nitrogen and oxygen atoms in total. The van der Waals surface area contributed by atoms with Gasteiger partial charge in [0, 0.05) is 29.4 Å². The van der Waals surface area contributed by atoms with Gasteiger partial charge >= 0.3 is 5.97 Å². The highest BCUT2D eigenvalue weighted by atomic mass is 16.7. The summed E-state index contributed by atoms with van der Waals surface area (Å²) in [6.45, 7) is 4.62. The summed E-state index contributed by atoms with van der Waals surface area (Å²) in [5.74, 6) is -3.60. The van der Waals surface area contributed by atoms with E-state index in [4.69, 9.17) is 14.3 Å². The van der Waals surface area contributed by atoms with Crippen LogP contribution in [0.15, 0.2) is 22.7 Å². The first-order valence-electron chi connectivity index (χ1n) is 8.24. The maximum Gasteiger partial charge on any atom is 0.334 e. The molecule has 0 aromatic carbocycles. The Labute approximate surface area is 155 Å². The zero-order chi connectivity index (χ0) is 20.5. The van der Waals surface area contributed by atoms with E-state index in [-0.39, 0.29) is 41.9 Å². The third-order valence-corrected chi connectivity index (χ3v) is 4.43. The molecule has 1 heterocycles. The van der Waals surface area contributed by atoms with Crippen molar-refractivity contribution in [3.05, 3.63) is 22.7 Å². The minimum atomic E-state index is -1.12. The number of Topliss-reactive ketones (excluding diaryl/α,β-unsaturated/α-hetero) is 2. The summed E-state index contributed by atoms with van der Waals surface area (Å²) in [6.07, 6.45) is -0.377. The van der Waals surface area contributed by atoms with E-state index in [0.717, 1.165) is 0 Å². The van der Waals surface area contributed by atoms with Gasteiger partial charge in [0.2, 0.25) is 23.1 Å². The van der Waals surface area contributed by atoms with Crippen LogP contribution >= 0.6 is 0 Å². The summed E-state index contributed by atoms with van der Waals surface area (Å²) in [7, 11) is 2.49. The molecule has 1 aliphatic heterocycles. The van der Waals surface area contributed by atoms with Gasteiger partial charge in [0.05, 0.1) is 20.6 Å². The van der Waals surface area contributed by atoms with Crippen molar-refractivity contribution < 1.29 is 38.3 Å². The number of hydrogen-bond acceptors (Lipinski definition) is 8. The second-order valence-corrected chi connectivity index (χ2v) is 6.83. The second-order valence-electron chi connectivity index (χ2n) is 6.83. The van der Waals surface area contributed by atoms with Crippen molar-refractivity contribution in [3.63, 3.8) is 0 Å². The van der Waals surface area contributed by atoms with Crippen LogP contribution in [-0.4, -0.2) is 48.6 Å². The van der Waals surface area contributed by atoms with Crippen LogP contribution < -0.4 is 0 Å². The first-order valence-corrected chi connectivity index (χ1v) is 8.24. The van der Waals surface area contributed by atoms with Crippen LogP contribution in [0.3, 0.4) is 0 Å². The minimum Gasteiger partial charge on any atom is -0.489 e. The maximum absolute atomic E-state index is 12.8. The van der Waals surface area contributed by atoms with Gasteiger partial charge in [-0.15, -0.1) is 5.06 Å². The Balaban J connectivity index is 2.27. The zero-order valence-corrected chi connectivity index (χ0v) is 15.8. The van der Waals surface area contributed by atoms with E-state index in [1.807, 2.05) is 0 Å². The average molecular weight is 379 g/mol. The fraction of sp³-hybridized carbons (Fsp3) is 0.500. The number of rotatable bonds is 6. The van der Waals surface area contributed by atoms with Gasteiger partial charge in [-0.05, 0) is 6.92 Å². The zero-order valence-electron chi connectivity index (χ0n) is 15.8. The predicted molar refractivity (Wildman–Crippen MR) is 89.3 cm³/mol. The second kappa shape index (κ2) is 7.34. The summed E-state index contributed by atoms with van der Waals surface area (Å²) in [5.41, 5.74) is -0.909. The van der Waals surface area contributed by atoms with Crippen molar-refractivity contribution in [2.45, 2.75) is 40.0 Å². The van der Waals surface area contributed by atoms with Crippen molar-refractivity contribution >= 4 is 29.4 Å². The van der Waals surface area contributed by atoms with E-state index in [2.05, 4.69) is 0 Å². The molecule has 0 radical (unpaired) electrons. The van der Waals surface area contributed by atoms with E-state index in [1.165, 1.54) is 21.1 Å². The lowest BCUT2D eigenvalue weighted by molar-refractivity contribution is -0.198. The largest absolute Gasteiger partial charge is 0.489 e. The summed E-state index contributed by atoms with van der Waals surface area (Å²) in [5, 5.41) is 0.441. The van der Waals surface area contributed by atoms with Crippen molar-refractivity contribution in [3.8, 4) is 0 Å². The lowest BCUT2D eigenvalue weighted by Crippen LogP contribution is -2.36. The highest BCUT2D eigenvalue weighted by Gasteiger charge is 2.43. The van der Waals surface area contributed by atoms with Gasteiger partial charge in [-0.2, -0.15) is 0 Å². The van der Waals surface area contributed by atoms with Gasteiger partial charge in [-0.1, -0.05) is 13.8 Å². The van der Waals surface area contributed by atoms with E-state index < -0.39 is 34.8 Å². The Morgan fingerprint density at radius 3 is 1.93 bits per heavy atom. The SMILES string of the molecule is COC1=C(OC)C(=O)C(C(C)(C)CC(=O)ON2C(=O)CCC2=O)=C(C)C1=O. The normalized spacial score (nSPS) is 18.5. The van der Waals surface area contributed by atoms with Crippen LogP contribution in [0.4, 0.5) is 0 Å². The number of hydrogen-bond donors (Lipinski definition) is 0. The molecule has 2 rings (SSSR count). The molecule has 9 heteroatoms. The first kappa shape index (κ1) is 20.3. The van der Waals surface area contributed by atoms with Crippen LogP contribution in [-0.2, 0) is 38.3 Å². The lowest BCUT2D eigenvalue weighted by Gasteiger charge is -2.31. The molecule has 0 atom stereocenters. The third kappa shape index (κ3) is 3.62. The number of hydroxylamine groups is 2. The molecule has 1 fully saturated rings. The number of nitrogens with zero attached hydrogens (tertiary/aromatic N) is 1. The molecule has 0 N–H and O–H groups in total. The van der Waals surface area contributed by atoms with Crippen molar-refractivity contribution in [1.29, 1.82) is 0 Å². The summed E-state index contributed by atoms with van der Waals surface area (Å²) < 4.78 is 10.0. The number of ketones is 2. The number of methoxy groups -OCH3 is 2. The standard InChI is InChI=1S/C18H21NO8/c1-9-13(15(24)17(26-5)16(25-4)14(9)23)18(2,3)8-12(22)27-19-10(20)6-7-11(19)21/h6-8H2,1-5H3. The molecule has 0 bridgehead atoms. The minimum absolute atomic E-state index is 0.0193. The molecule has 1 saturated heterocycles. The van der Waals surface area contributed by atoms with Crippen LogP contribution in [0.2, 0.25) is 0 Å². The van der Waals surface area contributed by atoms with Crippen molar-refractivity contribution in [2.75, 3.05) is 14.2 Å². The molecule has 2 aliphatic rings. The fourth-order valence-corrected chi connectivity index (χ4v) is 3.20. The van der Waals surface area contributed by atoms with Gasteiger partial charge in [0.15, 0.2) is 0 Å². The highest BCUT2D eigenvalue weighted by molar-refractivity contribution is 6.24. The lowest BCUT2D eigenvalue weighted by atomic mass is 9.73. The Bertz CT molecular complexity index is 786. The number of imide groups is 1. The summed E-state index contributed by atoms with van der Waals surface area (Å²) in [4.78, 5) is 65.6. The molecular weight excluding hydrogens is 358 g/mol. The highest BCUT2D eigenvalue weighted by Crippen LogP contribution is 2.39. The Morgan fingerprint density at radius 1 is 0.963 bits per heavy atom. The molecule has 2 amide bonds. The van der Waals surface area contributed by atoms with Crippen LogP contribution in [0.1, 0.15) is 40.0 Å². The van der Waals surface area contributed by atoms with Crippen molar-refractivity contribution in [2.24, 2.45) is 5.41 Å². The molecule has 0 unspecified atom stereocenters. The summed E-state index contributed by atoms with van der Waals surface area (Å²) in [6, 6.07) is 0. The van der Waals surface area contributed by atoms with E-state index in [0.29, 0.717) is 5.06 Å². The van der Waals surface area contributed by atoms with Crippen LogP contribution in [0, 0.1) is 5.41 Å². The maximum atomic E-state index is 12.8. The molecular formula is C18H21NO8. The van der Waals surface area contributed by atoms with Gasteiger partial charge in [-0.3, -0.25) is 19.2 Å². The fourth-order valence-electron chi connectivity index (χ4n) is 3.20. The van der Waals surface area contributed by atoms with Gasteiger partial charge < -0.3 is 14.3 Å². The van der Waals surface area contributed by atoms with Crippen LogP contribution in [0.25, 0.3) is 0 Å². The monoisotopic (exact) mass is 379 g/mol. The molecule has 146 valence electrons. The van der Waals surface area contributed by atoms with Gasteiger partial charge in [0.25, 0.3) is 11.8 Å². The molecule has 0 saturated carbocycles. The van der Waals surface area contributed by atoms with E-state index >= 15 is 0 Å². The molecule has 0 aromatic rings.